The Morgan fingerprint density at radius 3 is 1.85 bits per heavy atom. The Morgan fingerprint density at radius 1 is 1.00 bits per heavy atom. The van der Waals surface area contributed by atoms with Gasteiger partial charge in [-0.1, -0.05) is 47.6 Å². The summed E-state index contributed by atoms with van der Waals surface area (Å²) < 4.78 is 42.7. The summed E-state index contributed by atoms with van der Waals surface area (Å²) in [7, 11) is 0. The quantitative estimate of drug-likeness (QED) is 0.672. The van der Waals surface area contributed by atoms with Gasteiger partial charge >= 0.3 is 6.18 Å². The lowest BCUT2D eigenvalue weighted by Gasteiger charge is -2.35. The number of rotatable bonds is 2. The van der Waals surface area contributed by atoms with E-state index in [0.717, 1.165) is 11.1 Å². The first-order valence-electron chi connectivity index (χ1n) is 6.82. The summed E-state index contributed by atoms with van der Waals surface area (Å²) in [6, 6.07) is 0. The fraction of sp³-hybridized carbons (Fsp3) is 0.750. The molecule has 0 radical (unpaired) electrons. The molecule has 0 heterocycles. The zero-order valence-electron chi connectivity index (χ0n) is 13.4. The molecule has 1 aliphatic rings. The van der Waals surface area contributed by atoms with Gasteiger partial charge in [0.25, 0.3) is 0 Å². The Morgan fingerprint density at radius 2 is 1.50 bits per heavy atom. The molecule has 0 aliphatic heterocycles. The van der Waals surface area contributed by atoms with Gasteiger partial charge in [-0.15, -0.1) is 0 Å². The van der Waals surface area contributed by atoms with Gasteiger partial charge in [-0.2, -0.15) is 13.2 Å². The lowest BCUT2D eigenvalue weighted by molar-refractivity contribution is -0.190. The van der Waals surface area contributed by atoms with Crippen molar-refractivity contribution < 1.29 is 17.9 Å². The van der Waals surface area contributed by atoms with Crippen molar-refractivity contribution in [3.8, 4) is 0 Å². The van der Waals surface area contributed by atoms with Crippen LogP contribution >= 0.6 is 0 Å². The highest BCUT2D eigenvalue weighted by atomic mass is 19.4. The van der Waals surface area contributed by atoms with Gasteiger partial charge in [-0.3, -0.25) is 0 Å². The second-order valence-corrected chi connectivity index (χ2v) is 7.67. The van der Waals surface area contributed by atoms with Crippen LogP contribution in [0.25, 0.3) is 0 Å². The van der Waals surface area contributed by atoms with E-state index >= 15 is 0 Å². The summed E-state index contributed by atoms with van der Waals surface area (Å²) in [6.45, 7) is 12.6. The molecule has 0 amide bonds. The maximum Gasteiger partial charge on any atom is 0.411 e. The van der Waals surface area contributed by atoms with Crippen LogP contribution in [-0.2, 0) is 4.74 Å². The van der Waals surface area contributed by atoms with Crippen molar-refractivity contribution in [1.82, 2.24) is 0 Å². The highest BCUT2D eigenvalue weighted by Gasteiger charge is 2.43. The van der Waals surface area contributed by atoms with E-state index in [1.807, 2.05) is 53.7 Å². The number of hydrogen-bond acceptors (Lipinski definition) is 1. The van der Waals surface area contributed by atoms with Gasteiger partial charge in [0.2, 0.25) is 0 Å². The van der Waals surface area contributed by atoms with Crippen molar-refractivity contribution in [3.05, 3.63) is 23.3 Å². The van der Waals surface area contributed by atoms with Gasteiger partial charge in [-0.05, 0) is 35.0 Å². The summed E-state index contributed by atoms with van der Waals surface area (Å²) in [5.74, 6) is 0. The molecule has 1 nitrogen and oxygen atoms in total. The molecule has 0 aromatic carbocycles. The van der Waals surface area contributed by atoms with Crippen molar-refractivity contribution >= 4 is 0 Å². The van der Waals surface area contributed by atoms with E-state index in [1.165, 1.54) is 0 Å². The third-order valence-corrected chi connectivity index (χ3v) is 3.48. The predicted octanol–water partition coefficient (Wildman–Crippen LogP) is 5.28. The van der Waals surface area contributed by atoms with Crippen LogP contribution in [-0.4, -0.2) is 18.4 Å². The zero-order chi connectivity index (χ0) is 16.0. The number of ether oxygens (including phenoxy) is 1. The van der Waals surface area contributed by atoms with Crippen LogP contribution in [0.3, 0.4) is 0 Å². The van der Waals surface area contributed by atoms with E-state index < -0.39 is 18.4 Å². The highest BCUT2D eigenvalue weighted by molar-refractivity contribution is 5.47. The molecule has 0 aromatic heterocycles. The lowest BCUT2D eigenvalue weighted by Crippen LogP contribution is -2.36. The first kappa shape index (κ1) is 17.3. The van der Waals surface area contributed by atoms with Gasteiger partial charge in [0.15, 0.2) is 0 Å². The number of hydrogen-bond donors (Lipinski definition) is 0. The van der Waals surface area contributed by atoms with Crippen molar-refractivity contribution in [2.24, 2.45) is 10.8 Å². The van der Waals surface area contributed by atoms with E-state index in [9.17, 15) is 13.2 Å². The fourth-order valence-corrected chi connectivity index (χ4v) is 2.46. The molecular formula is C16H25F3O. The minimum Gasteiger partial charge on any atom is -0.357 e. The fourth-order valence-electron chi connectivity index (χ4n) is 2.46. The Labute approximate surface area is 119 Å². The van der Waals surface area contributed by atoms with Gasteiger partial charge in [0.05, 0.1) is 0 Å². The molecule has 0 saturated carbocycles. The summed E-state index contributed by atoms with van der Waals surface area (Å²) in [4.78, 5) is 0. The minimum atomic E-state index is -4.32. The number of halogens is 3. The van der Waals surface area contributed by atoms with E-state index in [0.29, 0.717) is 0 Å². The van der Waals surface area contributed by atoms with Crippen LogP contribution in [0.4, 0.5) is 13.2 Å². The van der Waals surface area contributed by atoms with Gasteiger partial charge < -0.3 is 4.74 Å². The molecule has 0 saturated heterocycles. The van der Waals surface area contributed by atoms with E-state index in [-0.39, 0.29) is 10.8 Å². The third-order valence-electron chi connectivity index (χ3n) is 3.48. The number of allylic oxidation sites excluding steroid dienone is 2. The Kier molecular flexibility index (Phi) is 4.24. The molecule has 1 unspecified atom stereocenters. The summed E-state index contributed by atoms with van der Waals surface area (Å²) in [5, 5.41) is 0. The molecule has 0 spiro atoms. The Hall–Kier alpha value is -0.770. The standard InChI is InChI=1S/C16H25F3O/c1-13(2,3)11-8-12(14(4,5)6)15(7,9-11)20-10-16(17,18)19/h8-9H,10H2,1-7H3. The van der Waals surface area contributed by atoms with Crippen LogP contribution in [0.1, 0.15) is 48.5 Å². The molecule has 4 heteroatoms. The first-order chi connectivity index (χ1) is 8.65. The maximum absolute atomic E-state index is 12.5. The summed E-state index contributed by atoms with van der Waals surface area (Å²) >= 11 is 0. The molecule has 20 heavy (non-hydrogen) atoms. The molecule has 1 atom stereocenters. The smallest absolute Gasteiger partial charge is 0.357 e. The van der Waals surface area contributed by atoms with Crippen LogP contribution in [0, 0.1) is 10.8 Å². The third kappa shape index (κ3) is 4.11. The zero-order valence-corrected chi connectivity index (χ0v) is 13.4. The molecule has 0 N–H and O–H groups in total. The second-order valence-electron chi connectivity index (χ2n) is 7.67. The SMILES string of the molecule is CC(C)(C)C1=CC(C)(OCC(F)(F)F)C(C(C)(C)C)=C1. The van der Waals surface area contributed by atoms with Crippen LogP contribution in [0.5, 0.6) is 0 Å². The Balaban J connectivity index is 3.14. The minimum absolute atomic E-state index is 0.115. The Bertz CT molecular complexity index is 430. The topological polar surface area (TPSA) is 9.23 Å². The van der Waals surface area contributed by atoms with Gasteiger partial charge in [0.1, 0.15) is 12.2 Å². The monoisotopic (exact) mass is 290 g/mol. The van der Waals surface area contributed by atoms with Crippen LogP contribution in [0.15, 0.2) is 23.3 Å². The van der Waals surface area contributed by atoms with Crippen LogP contribution < -0.4 is 0 Å². The second kappa shape index (κ2) is 4.90. The number of alkyl halides is 3. The maximum atomic E-state index is 12.5. The van der Waals surface area contributed by atoms with Crippen LogP contribution in [0.2, 0.25) is 0 Å². The average molecular weight is 290 g/mol. The molecule has 0 bridgehead atoms. The highest BCUT2D eigenvalue weighted by Crippen LogP contribution is 2.46. The van der Waals surface area contributed by atoms with Crippen molar-refractivity contribution in [1.29, 1.82) is 0 Å². The normalized spacial score (nSPS) is 24.7. The predicted molar refractivity (Wildman–Crippen MR) is 75.5 cm³/mol. The summed E-state index contributed by atoms with van der Waals surface area (Å²) in [6.07, 6.45) is -0.486. The lowest BCUT2D eigenvalue weighted by atomic mass is 9.78. The molecule has 1 rings (SSSR count). The average Bonchev–Trinajstić information content (AvgIpc) is 2.52. The molecule has 0 aromatic rings. The van der Waals surface area contributed by atoms with E-state index in [2.05, 4.69) is 0 Å². The van der Waals surface area contributed by atoms with E-state index in [1.54, 1.807) is 6.92 Å². The summed E-state index contributed by atoms with van der Waals surface area (Å²) in [5.41, 5.74) is 0.557. The molecular weight excluding hydrogens is 265 g/mol. The van der Waals surface area contributed by atoms with Crippen molar-refractivity contribution in [2.45, 2.75) is 60.2 Å². The molecule has 116 valence electrons. The van der Waals surface area contributed by atoms with Gasteiger partial charge in [0, 0.05) is 0 Å². The molecule has 1 aliphatic carbocycles. The van der Waals surface area contributed by atoms with Crippen molar-refractivity contribution in [3.63, 3.8) is 0 Å². The van der Waals surface area contributed by atoms with Gasteiger partial charge in [-0.25, -0.2) is 0 Å². The first-order valence-corrected chi connectivity index (χ1v) is 6.82. The van der Waals surface area contributed by atoms with Crippen molar-refractivity contribution in [2.75, 3.05) is 6.61 Å². The van der Waals surface area contributed by atoms with E-state index in [4.69, 9.17) is 4.74 Å². The largest absolute Gasteiger partial charge is 0.411 e. The molecule has 0 fully saturated rings.